The van der Waals surface area contributed by atoms with E-state index in [9.17, 15) is 13.2 Å². The lowest BCUT2D eigenvalue weighted by molar-refractivity contribution is -0.147. The quantitative estimate of drug-likeness (QED) is 0.698. The van der Waals surface area contributed by atoms with Gasteiger partial charge in [0.1, 0.15) is 5.82 Å². The molecular weight excluding hydrogens is 286 g/mol. The van der Waals surface area contributed by atoms with Crippen LogP contribution in [-0.4, -0.2) is 48.8 Å². The first-order valence-electron chi connectivity index (χ1n) is 6.10. The van der Waals surface area contributed by atoms with Crippen LogP contribution in [0.15, 0.2) is 11.2 Å². The van der Waals surface area contributed by atoms with Crippen LogP contribution in [-0.2, 0) is 26.1 Å². The number of carboxylic acids is 1. The normalized spacial score (nSPS) is 13.3. The van der Waals surface area contributed by atoms with Gasteiger partial charge in [-0.25, -0.2) is 22.9 Å². The summed E-state index contributed by atoms with van der Waals surface area (Å²) in [6, 6.07) is 0. The molecule has 0 aromatic carbocycles. The highest BCUT2D eigenvalue weighted by Gasteiger charge is 2.23. The number of hydrogen-bond donors (Lipinski definition) is 2. The molecule has 114 valence electrons. The maximum absolute atomic E-state index is 12.0. The van der Waals surface area contributed by atoms with E-state index in [0.717, 1.165) is 6.42 Å². The van der Waals surface area contributed by atoms with Crippen molar-refractivity contribution in [3.05, 3.63) is 12.0 Å². The molecule has 1 aromatic heterocycles. The van der Waals surface area contributed by atoms with E-state index in [4.69, 9.17) is 5.11 Å². The van der Waals surface area contributed by atoms with Crippen molar-refractivity contribution in [1.29, 1.82) is 0 Å². The number of imidazole rings is 1. The fourth-order valence-electron chi connectivity index (χ4n) is 1.61. The first kappa shape index (κ1) is 16.6. The Hall–Kier alpha value is -1.45. The molecule has 0 saturated heterocycles. The van der Waals surface area contributed by atoms with Crippen molar-refractivity contribution in [3.8, 4) is 0 Å². The van der Waals surface area contributed by atoms with E-state index in [1.165, 1.54) is 13.3 Å². The Balaban J connectivity index is 2.83. The summed E-state index contributed by atoms with van der Waals surface area (Å²) in [5.74, 6) is -0.642. The number of nitrogens with zero attached hydrogens (tertiary/aromatic N) is 2. The van der Waals surface area contributed by atoms with Crippen LogP contribution in [0.5, 0.6) is 0 Å². The van der Waals surface area contributed by atoms with Crippen molar-refractivity contribution in [1.82, 2.24) is 14.3 Å². The van der Waals surface area contributed by atoms with Gasteiger partial charge in [0.05, 0.1) is 0 Å². The Morgan fingerprint density at radius 2 is 2.25 bits per heavy atom. The Kier molecular flexibility index (Phi) is 5.66. The van der Waals surface area contributed by atoms with E-state index in [1.54, 1.807) is 11.5 Å². The fourth-order valence-corrected chi connectivity index (χ4v) is 2.64. The first-order valence-corrected chi connectivity index (χ1v) is 7.59. The number of hydrogen-bond acceptors (Lipinski definition) is 5. The lowest BCUT2D eigenvalue weighted by atomic mass is 10.4. The third kappa shape index (κ3) is 4.02. The predicted octanol–water partition coefficient (Wildman–Crippen LogP) is -0.0206. The van der Waals surface area contributed by atoms with Crippen molar-refractivity contribution in [3.63, 3.8) is 0 Å². The van der Waals surface area contributed by atoms with Gasteiger partial charge in [-0.15, -0.1) is 0 Å². The summed E-state index contributed by atoms with van der Waals surface area (Å²) >= 11 is 0. The minimum atomic E-state index is -3.84. The highest BCUT2D eigenvalue weighted by atomic mass is 32.2. The van der Waals surface area contributed by atoms with Crippen LogP contribution in [0.4, 0.5) is 0 Å². The molecule has 1 rings (SSSR count). The fraction of sp³-hybridized carbons (Fsp3) is 0.636. The molecule has 0 aliphatic heterocycles. The van der Waals surface area contributed by atoms with Gasteiger partial charge < -0.3 is 14.4 Å². The number of ether oxygens (including phenoxy) is 1. The number of nitrogens with one attached hydrogen (secondary N) is 1. The van der Waals surface area contributed by atoms with Crippen LogP contribution in [0.1, 0.15) is 19.2 Å². The first-order chi connectivity index (χ1) is 9.31. The van der Waals surface area contributed by atoms with Gasteiger partial charge in [-0.2, -0.15) is 0 Å². The van der Waals surface area contributed by atoms with Gasteiger partial charge in [-0.05, 0) is 13.3 Å². The number of aromatic nitrogens is 2. The zero-order chi connectivity index (χ0) is 15.3. The average molecular weight is 305 g/mol. The molecule has 1 heterocycles. The Morgan fingerprint density at radius 3 is 2.75 bits per heavy atom. The van der Waals surface area contributed by atoms with Crippen molar-refractivity contribution >= 4 is 16.0 Å². The number of aryl methyl sites for hydroxylation is 2. The smallest absolute Gasteiger partial charge is 0.334 e. The number of rotatable bonds is 8. The molecule has 1 atom stereocenters. The monoisotopic (exact) mass is 305 g/mol. The van der Waals surface area contributed by atoms with Gasteiger partial charge in [0, 0.05) is 26.4 Å². The van der Waals surface area contributed by atoms with Gasteiger partial charge in [-0.1, -0.05) is 6.92 Å². The molecule has 9 heteroatoms. The average Bonchev–Trinajstić information content (AvgIpc) is 2.72. The summed E-state index contributed by atoms with van der Waals surface area (Å²) in [6.07, 6.45) is 1.06. The van der Waals surface area contributed by atoms with Gasteiger partial charge in [0.2, 0.25) is 0 Å². The molecule has 1 unspecified atom stereocenters. The molecule has 2 N–H and O–H groups in total. The van der Waals surface area contributed by atoms with Crippen LogP contribution in [0.2, 0.25) is 0 Å². The second-order valence-electron chi connectivity index (χ2n) is 4.23. The molecule has 0 aliphatic rings. The number of aliphatic carboxylic acids is 1. The van der Waals surface area contributed by atoms with E-state index in [-0.39, 0.29) is 11.6 Å². The molecule has 1 aromatic rings. The standard InChI is InChI=1S/C11H19N3O5S/c1-4-5-14-7-10(13-8(14)2)20(17,18)12-6-9(19-3)11(15)16/h7,9,12H,4-6H2,1-3H3,(H,15,16). The highest BCUT2D eigenvalue weighted by molar-refractivity contribution is 7.89. The molecule has 0 fully saturated rings. The summed E-state index contributed by atoms with van der Waals surface area (Å²) in [7, 11) is -2.64. The lowest BCUT2D eigenvalue weighted by Crippen LogP contribution is -2.37. The molecular formula is C11H19N3O5S. The van der Waals surface area contributed by atoms with Gasteiger partial charge >= 0.3 is 5.97 Å². The summed E-state index contributed by atoms with van der Waals surface area (Å²) < 4.78 is 32.6. The van der Waals surface area contributed by atoms with Crippen molar-refractivity contribution in [2.24, 2.45) is 0 Å². The zero-order valence-corrected chi connectivity index (χ0v) is 12.5. The second-order valence-corrected chi connectivity index (χ2v) is 5.95. The molecule has 0 aliphatic carbocycles. The number of sulfonamides is 1. The number of carbonyl (C=O) groups is 1. The summed E-state index contributed by atoms with van der Waals surface area (Å²) in [6.45, 7) is 4.00. The molecule has 8 nitrogen and oxygen atoms in total. The minimum Gasteiger partial charge on any atom is -0.479 e. The van der Waals surface area contributed by atoms with E-state index in [1.807, 2.05) is 6.92 Å². The van der Waals surface area contributed by atoms with Crippen LogP contribution in [0.25, 0.3) is 0 Å². The SMILES string of the molecule is CCCn1cc(S(=O)(=O)NCC(OC)C(=O)O)nc1C. The van der Waals surface area contributed by atoms with Crippen LogP contribution < -0.4 is 4.72 Å². The summed E-state index contributed by atoms with van der Waals surface area (Å²) in [5.41, 5.74) is 0. The zero-order valence-electron chi connectivity index (χ0n) is 11.7. The van der Waals surface area contributed by atoms with E-state index in [0.29, 0.717) is 12.4 Å². The Labute approximate surface area is 117 Å². The Bertz CT molecular complexity index is 567. The van der Waals surface area contributed by atoms with E-state index >= 15 is 0 Å². The largest absolute Gasteiger partial charge is 0.479 e. The van der Waals surface area contributed by atoms with Crippen LogP contribution >= 0.6 is 0 Å². The van der Waals surface area contributed by atoms with Crippen molar-refractivity contribution in [2.75, 3.05) is 13.7 Å². The summed E-state index contributed by atoms with van der Waals surface area (Å²) in [4.78, 5) is 14.7. The molecule has 0 radical (unpaired) electrons. The second kappa shape index (κ2) is 6.82. The molecule has 0 spiro atoms. The Morgan fingerprint density at radius 1 is 1.60 bits per heavy atom. The maximum atomic E-state index is 12.0. The predicted molar refractivity (Wildman–Crippen MR) is 70.9 cm³/mol. The van der Waals surface area contributed by atoms with Crippen LogP contribution in [0, 0.1) is 6.92 Å². The number of methoxy groups -OCH3 is 1. The van der Waals surface area contributed by atoms with Gasteiger partial charge in [0.25, 0.3) is 10.0 Å². The van der Waals surface area contributed by atoms with Crippen molar-refractivity contribution < 1.29 is 23.1 Å². The molecule has 0 bridgehead atoms. The highest BCUT2D eigenvalue weighted by Crippen LogP contribution is 2.09. The van der Waals surface area contributed by atoms with E-state index in [2.05, 4.69) is 14.4 Å². The molecule has 20 heavy (non-hydrogen) atoms. The van der Waals surface area contributed by atoms with E-state index < -0.39 is 22.1 Å². The van der Waals surface area contributed by atoms with Crippen molar-refractivity contribution in [2.45, 2.75) is 37.9 Å². The third-order valence-electron chi connectivity index (χ3n) is 2.71. The van der Waals surface area contributed by atoms with Gasteiger partial charge in [0.15, 0.2) is 11.1 Å². The van der Waals surface area contributed by atoms with Crippen LogP contribution in [0.3, 0.4) is 0 Å². The number of carboxylic acid groups (broad SMARTS) is 1. The molecule has 0 amide bonds. The summed E-state index contributed by atoms with van der Waals surface area (Å²) in [5, 5.41) is 8.66. The molecule has 0 saturated carbocycles. The third-order valence-corrected chi connectivity index (χ3v) is 4.01. The topological polar surface area (TPSA) is 111 Å². The maximum Gasteiger partial charge on any atom is 0.334 e. The van der Waals surface area contributed by atoms with Gasteiger partial charge in [-0.3, -0.25) is 0 Å². The minimum absolute atomic E-state index is 0.122. The lowest BCUT2D eigenvalue weighted by Gasteiger charge is -2.10.